The molecule has 116 valence electrons. The predicted molar refractivity (Wildman–Crippen MR) is 89.0 cm³/mol. The first-order valence-electron chi connectivity index (χ1n) is 8.04. The zero-order chi connectivity index (χ0) is 15.4. The van der Waals surface area contributed by atoms with Gasteiger partial charge in [-0.05, 0) is 30.7 Å². The lowest BCUT2D eigenvalue weighted by Gasteiger charge is -2.30. The van der Waals surface area contributed by atoms with Crippen LogP contribution in [-0.4, -0.2) is 17.8 Å². The first kappa shape index (κ1) is 13.0. The molecule has 2 aliphatic rings. The molecule has 4 heteroatoms. The molecule has 0 spiro atoms. The van der Waals surface area contributed by atoms with Crippen molar-refractivity contribution in [1.29, 1.82) is 0 Å². The number of hydrogen-bond acceptors (Lipinski definition) is 3. The quantitative estimate of drug-likeness (QED) is 0.723. The maximum atomic E-state index is 5.56. The van der Waals surface area contributed by atoms with E-state index in [2.05, 4.69) is 53.6 Å². The number of H-pyrrole nitrogens is 1. The van der Waals surface area contributed by atoms with E-state index < -0.39 is 0 Å². The first-order valence-corrected chi connectivity index (χ1v) is 8.04. The lowest BCUT2D eigenvalue weighted by Crippen LogP contribution is -2.37. The zero-order valence-corrected chi connectivity index (χ0v) is 12.9. The Labute approximate surface area is 134 Å². The molecule has 0 saturated carbocycles. The highest BCUT2D eigenvalue weighted by Gasteiger charge is 2.29. The van der Waals surface area contributed by atoms with Gasteiger partial charge in [-0.3, -0.25) is 0 Å². The lowest BCUT2D eigenvalue weighted by atomic mass is 9.89. The minimum atomic E-state index is 0.166. The van der Waals surface area contributed by atoms with Crippen LogP contribution in [0, 0.1) is 0 Å². The van der Waals surface area contributed by atoms with Crippen LogP contribution < -0.4 is 14.8 Å². The molecule has 0 radical (unpaired) electrons. The van der Waals surface area contributed by atoms with E-state index in [4.69, 9.17) is 9.47 Å². The zero-order valence-electron chi connectivity index (χ0n) is 12.9. The van der Waals surface area contributed by atoms with Crippen LogP contribution in [0.25, 0.3) is 10.9 Å². The molecule has 0 fully saturated rings. The topological polar surface area (TPSA) is 46.3 Å². The van der Waals surface area contributed by atoms with Gasteiger partial charge in [-0.15, -0.1) is 0 Å². The Hall–Kier alpha value is -2.46. The maximum Gasteiger partial charge on any atom is 0.231 e. The van der Waals surface area contributed by atoms with Crippen molar-refractivity contribution in [3.63, 3.8) is 0 Å². The minimum Gasteiger partial charge on any atom is -0.454 e. The molecule has 2 aliphatic heterocycles. The van der Waals surface area contributed by atoms with Crippen LogP contribution in [0.3, 0.4) is 0 Å². The monoisotopic (exact) mass is 306 g/mol. The van der Waals surface area contributed by atoms with Crippen molar-refractivity contribution in [3.05, 3.63) is 59.3 Å². The van der Waals surface area contributed by atoms with E-state index in [1.165, 1.54) is 27.7 Å². The van der Waals surface area contributed by atoms with E-state index >= 15 is 0 Å². The number of nitrogens with one attached hydrogen (secondary N) is 2. The molecule has 0 aliphatic carbocycles. The molecule has 0 bridgehead atoms. The highest BCUT2D eigenvalue weighted by atomic mass is 16.7. The van der Waals surface area contributed by atoms with Gasteiger partial charge in [0.05, 0.1) is 6.04 Å². The molecule has 2 atom stereocenters. The second kappa shape index (κ2) is 4.77. The van der Waals surface area contributed by atoms with Crippen molar-refractivity contribution in [2.75, 3.05) is 6.79 Å². The average Bonchev–Trinajstić information content (AvgIpc) is 3.17. The Morgan fingerprint density at radius 2 is 1.91 bits per heavy atom. The van der Waals surface area contributed by atoms with Crippen LogP contribution in [0.15, 0.2) is 42.5 Å². The Morgan fingerprint density at radius 1 is 1.04 bits per heavy atom. The molecule has 1 aromatic heterocycles. The fourth-order valence-electron chi connectivity index (χ4n) is 3.80. The normalized spacial score (nSPS) is 22.3. The van der Waals surface area contributed by atoms with Gasteiger partial charge in [0.15, 0.2) is 11.5 Å². The molecule has 3 heterocycles. The van der Waals surface area contributed by atoms with E-state index in [1.54, 1.807) is 0 Å². The van der Waals surface area contributed by atoms with Crippen LogP contribution in [0.4, 0.5) is 0 Å². The molecule has 23 heavy (non-hydrogen) atoms. The molecule has 3 aromatic rings. The number of ether oxygens (including phenoxy) is 2. The van der Waals surface area contributed by atoms with Gasteiger partial charge in [0.1, 0.15) is 0 Å². The van der Waals surface area contributed by atoms with E-state index in [1.807, 2.05) is 6.07 Å². The molecule has 5 rings (SSSR count). The highest BCUT2D eigenvalue weighted by Crippen LogP contribution is 2.40. The predicted octanol–water partition coefficient (Wildman–Crippen LogP) is 3.52. The SMILES string of the molecule is C[C@H]1Cc2[nH]c3ccccc3c2[C@@H](c2ccc3c(c2)OCO3)N1. The summed E-state index contributed by atoms with van der Waals surface area (Å²) in [6.07, 6.45) is 1.02. The summed E-state index contributed by atoms with van der Waals surface area (Å²) in [5.41, 5.74) is 5.11. The number of para-hydroxylation sites is 1. The fraction of sp³-hybridized carbons (Fsp3) is 0.263. The Bertz CT molecular complexity index is 900. The van der Waals surface area contributed by atoms with Crippen molar-refractivity contribution in [2.45, 2.75) is 25.4 Å². The smallest absolute Gasteiger partial charge is 0.231 e. The molecular weight excluding hydrogens is 288 g/mol. The summed E-state index contributed by atoms with van der Waals surface area (Å²) >= 11 is 0. The van der Waals surface area contributed by atoms with E-state index in [0.717, 1.165) is 17.9 Å². The second-order valence-corrected chi connectivity index (χ2v) is 6.38. The largest absolute Gasteiger partial charge is 0.454 e. The summed E-state index contributed by atoms with van der Waals surface area (Å²) in [5, 5.41) is 5.04. The van der Waals surface area contributed by atoms with Crippen molar-refractivity contribution in [3.8, 4) is 11.5 Å². The van der Waals surface area contributed by atoms with Crippen LogP contribution in [0.5, 0.6) is 11.5 Å². The van der Waals surface area contributed by atoms with Crippen LogP contribution in [0.2, 0.25) is 0 Å². The summed E-state index contributed by atoms with van der Waals surface area (Å²) in [6.45, 7) is 2.54. The van der Waals surface area contributed by atoms with Crippen molar-refractivity contribution in [1.82, 2.24) is 10.3 Å². The number of fused-ring (bicyclic) bond motifs is 4. The van der Waals surface area contributed by atoms with E-state index in [9.17, 15) is 0 Å². The van der Waals surface area contributed by atoms with Gasteiger partial charge in [0, 0.05) is 34.6 Å². The van der Waals surface area contributed by atoms with Gasteiger partial charge in [0.2, 0.25) is 6.79 Å². The summed E-state index contributed by atoms with van der Waals surface area (Å²) in [7, 11) is 0. The molecule has 0 amide bonds. The van der Waals surface area contributed by atoms with Crippen LogP contribution in [0.1, 0.15) is 29.8 Å². The summed E-state index contributed by atoms with van der Waals surface area (Å²) in [4.78, 5) is 3.60. The van der Waals surface area contributed by atoms with Crippen molar-refractivity contribution >= 4 is 10.9 Å². The number of rotatable bonds is 1. The van der Waals surface area contributed by atoms with Gasteiger partial charge in [0.25, 0.3) is 0 Å². The van der Waals surface area contributed by atoms with Crippen molar-refractivity contribution < 1.29 is 9.47 Å². The Kier molecular flexibility index (Phi) is 2.70. The third-order valence-corrected chi connectivity index (χ3v) is 4.81. The number of benzene rings is 2. The minimum absolute atomic E-state index is 0.166. The molecule has 2 N–H and O–H groups in total. The second-order valence-electron chi connectivity index (χ2n) is 6.38. The summed E-state index contributed by atoms with van der Waals surface area (Å²) in [5.74, 6) is 1.67. The van der Waals surface area contributed by atoms with Gasteiger partial charge in [-0.2, -0.15) is 0 Å². The van der Waals surface area contributed by atoms with Crippen molar-refractivity contribution in [2.24, 2.45) is 0 Å². The van der Waals surface area contributed by atoms with E-state index in [-0.39, 0.29) is 6.04 Å². The lowest BCUT2D eigenvalue weighted by molar-refractivity contribution is 0.174. The third kappa shape index (κ3) is 1.95. The fourth-order valence-corrected chi connectivity index (χ4v) is 3.80. The molecule has 0 saturated heterocycles. The highest BCUT2D eigenvalue weighted by molar-refractivity contribution is 5.86. The molecule has 4 nitrogen and oxygen atoms in total. The van der Waals surface area contributed by atoms with Gasteiger partial charge in [-0.25, -0.2) is 0 Å². The third-order valence-electron chi connectivity index (χ3n) is 4.81. The Balaban J connectivity index is 1.69. The first-order chi connectivity index (χ1) is 11.3. The maximum absolute atomic E-state index is 5.56. The molecular formula is C19H18N2O2. The average molecular weight is 306 g/mol. The van der Waals surface area contributed by atoms with Crippen LogP contribution in [-0.2, 0) is 6.42 Å². The number of aromatic nitrogens is 1. The van der Waals surface area contributed by atoms with Gasteiger partial charge < -0.3 is 19.8 Å². The summed E-state index contributed by atoms with van der Waals surface area (Å²) in [6, 6.07) is 15.4. The van der Waals surface area contributed by atoms with E-state index in [0.29, 0.717) is 12.8 Å². The Morgan fingerprint density at radius 3 is 2.87 bits per heavy atom. The summed E-state index contributed by atoms with van der Waals surface area (Å²) < 4.78 is 11.0. The van der Waals surface area contributed by atoms with Gasteiger partial charge >= 0.3 is 0 Å². The molecule has 2 aromatic carbocycles. The standard InChI is InChI=1S/C19H18N2O2/c1-11-8-15-18(13-4-2-3-5-14(13)21-15)19(20-11)12-6-7-16-17(9-12)23-10-22-16/h2-7,9,11,19-21H,8,10H2,1H3/t11-,19+/m0/s1. The number of aromatic amines is 1. The van der Waals surface area contributed by atoms with Crippen LogP contribution >= 0.6 is 0 Å². The number of hydrogen-bond donors (Lipinski definition) is 2. The van der Waals surface area contributed by atoms with Gasteiger partial charge in [-0.1, -0.05) is 24.3 Å². The molecule has 0 unspecified atom stereocenters.